The van der Waals surface area contributed by atoms with Crippen LogP contribution < -0.4 is 0 Å². The van der Waals surface area contributed by atoms with Crippen molar-refractivity contribution >= 4 is 35.1 Å². The summed E-state index contributed by atoms with van der Waals surface area (Å²) in [4.78, 5) is 21.4. The average molecular weight is 263 g/mol. The molecule has 0 heterocycles. The molecule has 0 saturated heterocycles. The second kappa shape index (κ2) is 5.18. The Hall–Kier alpha value is -1.26. The van der Waals surface area contributed by atoms with Crippen molar-refractivity contribution < 1.29 is 19.8 Å². The molecule has 0 aliphatic heterocycles. The number of hydrogen-bond donors (Lipinski definition) is 2. The normalized spacial score (nSPS) is 12.1. The molecule has 0 unspecified atom stereocenters. The lowest BCUT2D eigenvalue weighted by Gasteiger charge is -2.10. The second-order valence-electron chi connectivity index (χ2n) is 3.16. The SMILES string of the molecule is O=C(O)C[C@@H](C(=O)O)c1ccc(Cl)c(Cl)c1. The van der Waals surface area contributed by atoms with E-state index in [1.54, 1.807) is 0 Å². The summed E-state index contributed by atoms with van der Waals surface area (Å²) in [7, 11) is 0. The van der Waals surface area contributed by atoms with Crippen LogP contribution in [0, 0.1) is 0 Å². The summed E-state index contributed by atoms with van der Waals surface area (Å²) < 4.78 is 0. The van der Waals surface area contributed by atoms with Gasteiger partial charge in [-0.25, -0.2) is 0 Å². The number of carboxylic acids is 2. The van der Waals surface area contributed by atoms with Crippen molar-refractivity contribution in [2.24, 2.45) is 0 Å². The van der Waals surface area contributed by atoms with Crippen molar-refractivity contribution in [3.63, 3.8) is 0 Å². The number of benzene rings is 1. The maximum Gasteiger partial charge on any atom is 0.311 e. The van der Waals surface area contributed by atoms with Crippen LogP contribution in [0.2, 0.25) is 10.0 Å². The zero-order valence-electron chi connectivity index (χ0n) is 7.98. The minimum absolute atomic E-state index is 0.204. The van der Waals surface area contributed by atoms with Crippen molar-refractivity contribution in [3.05, 3.63) is 33.8 Å². The summed E-state index contributed by atoms with van der Waals surface area (Å²) in [6, 6.07) is 4.26. The van der Waals surface area contributed by atoms with E-state index in [2.05, 4.69) is 0 Å². The zero-order valence-corrected chi connectivity index (χ0v) is 9.50. The van der Waals surface area contributed by atoms with Gasteiger partial charge in [0.2, 0.25) is 0 Å². The molecule has 0 amide bonds. The number of hydrogen-bond acceptors (Lipinski definition) is 2. The number of carboxylic acid groups (broad SMARTS) is 2. The lowest BCUT2D eigenvalue weighted by molar-refractivity contribution is -0.145. The van der Waals surface area contributed by atoms with E-state index in [4.69, 9.17) is 33.4 Å². The largest absolute Gasteiger partial charge is 0.481 e. The third-order valence-electron chi connectivity index (χ3n) is 2.02. The number of rotatable bonds is 4. The molecule has 1 atom stereocenters. The summed E-state index contributed by atoms with van der Waals surface area (Å²) in [5, 5.41) is 18.0. The van der Waals surface area contributed by atoms with Crippen molar-refractivity contribution in [3.8, 4) is 0 Å². The average Bonchev–Trinajstić information content (AvgIpc) is 2.18. The number of halogens is 2. The summed E-state index contributed by atoms with van der Waals surface area (Å²) in [5.41, 5.74) is 0.323. The lowest BCUT2D eigenvalue weighted by atomic mass is 9.96. The predicted molar refractivity (Wildman–Crippen MR) is 59.1 cm³/mol. The highest BCUT2D eigenvalue weighted by molar-refractivity contribution is 6.42. The van der Waals surface area contributed by atoms with E-state index in [9.17, 15) is 9.59 Å². The predicted octanol–water partition coefficient (Wildman–Crippen LogP) is 2.64. The van der Waals surface area contributed by atoms with Crippen LogP contribution in [0.1, 0.15) is 17.9 Å². The quantitative estimate of drug-likeness (QED) is 0.875. The fourth-order valence-electron chi connectivity index (χ4n) is 1.25. The molecule has 1 aromatic carbocycles. The molecule has 4 nitrogen and oxygen atoms in total. The summed E-state index contributed by atoms with van der Waals surface area (Å²) in [6.07, 6.45) is -0.493. The Balaban J connectivity index is 3.06. The Bertz CT molecular complexity index is 431. The van der Waals surface area contributed by atoms with Crippen molar-refractivity contribution in [2.45, 2.75) is 12.3 Å². The van der Waals surface area contributed by atoms with E-state index in [1.807, 2.05) is 0 Å². The second-order valence-corrected chi connectivity index (χ2v) is 3.98. The van der Waals surface area contributed by atoms with Gasteiger partial charge in [-0.05, 0) is 17.7 Å². The molecule has 86 valence electrons. The lowest BCUT2D eigenvalue weighted by Crippen LogP contribution is -2.15. The van der Waals surface area contributed by atoms with Crippen LogP contribution in [0.3, 0.4) is 0 Å². The van der Waals surface area contributed by atoms with Crippen LogP contribution in [0.4, 0.5) is 0 Å². The van der Waals surface area contributed by atoms with Gasteiger partial charge in [0.25, 0.3) is 0 Å². The summed E-state index contributed by atoms with van der Waals surface area (Å²) in [5.74, 6) is -3.51. The highest BCUT2D eigenvalue weighted by atomic mass is 35.5. The van der Waals surface area contributed by atoms with Gasteiger partial charge in [0.05, 0.1) is 22.4 Å². The standard InChI is InChI=1S/C10H8Cl2O4/c11-7-2-1-5(3-8(7)12)6(10(15)16)4-9(13)14/h1-3,6H,4H2,(H,13,14)(H,15,16)/t6-/m1/s1. The van der Waals surface area contributed by atoms with Crippen LogP contribution >= 0.6 is 23.2 Å². The Morgan fingerprint density at radius 2 is 1.81 bits per heavy atom. The Morgan fingerprint density at radius 1 is 1.19 bits per heavy atom. The molecule has 0 radical (unpaired) electrons. The van der Waals surface area contributed by atoms with Crippen LogP contribution in [-0.4, -0.2) is 22.2 Å². The number of aliphatic carboxylic acids is 2. The first-order chi connectivity index (χ1) is 7.41. The smallest absolute Gasteiger partial charge is 0.311 e. The van der Waals surface area contributed by atoms with Crippen LogP contribution in [0.25, 0.3) is 0 Å². The fraction of sp³-hybridized carbons (Fsp3) is 0.200. The molecule has 1 rings (SSSR count). The van der Waals surface area contributed by atoms with Crippen LogP contribution in [0.15, 0.2) is 18.2 Å². The van der Waals surface area contributed by atoms with Gasteiger partial charge in [-0.1, -0.05) is 29.3 Å². The maximum absolute atomic E-state index is 10.9. The minimum Gasteiger partial charge on any atom is -0.481 e. The molecule has 0 aliphatic carbocycles. The van der Waals surface area contributed by atoms with E-state index in [0.29, 0.717) is 10.6 Å². The first kappa shape index (κ1) is 12.8. The molecule has 1 aromatic rings. The van der Waals surface area contributed by atoms with Crippen LogP contribution in [0.5, 0.6) is 0 Å². The highest BCUT2D eigenvalue weighted by Crippen LogP contribution is 2.28. The topological polar surface area (TPSA) is 74.6 Å². The third kappa shape index (κ3) is 3.12. The van der Waals surface area contributed by atoms with Crippen molar-refractivity contribution in [1.29, 1.82) is 0 Å². The van der Waals surface area contributed by atoms with E-state index in [1.165, 1.54) is 18.2 Å². The molecule has 16 heavy (non-hydrogen) atoms. The van der Waals surface area contributed by atoms with Gasteiger partial charge in [0.1, 0.15) is 0 Å². The minimum atomic E-state index is -1.21. The molecular weight excluding hydrogens is 255 g/mol. The van der Waals surface area contributed by atoms with Crippen LogP contribution in [-0.2, 0) is 9.59 Å². The molecule has 6 heteroatoms. The van der Waals surface area contributed by atoms with Crippen molar-refractivity contribution in [1.82, 2.24) is 0 Å². The van der Waals surface area contributed by atoms with E-state index < -0.39 is 24.3 Å². The van der Waals surface area contributed by atoms with E-state index >= 15 is 0 Å². The highest BCUT2D eigenvalue weighted by Gasteiger charge is 2.23. The summed E-state index contributed by atoms with van der Waals surface area (Å²) >= 11 is 11.4. The van der Waals surface area contributed by atoms with Gasteiger partial charge in [-0.15, -0.1) is 0 Å². The maximum atomic E-state index is 10.9. The first-order valence-corrected chi connectivity index (χ1v) is 5.07. The van der Waals surface area contributed by atoms with E-state index in [-0.39, 0.29) is 5.02 Å². The van der Waals surface area contributed by atoms with Crippen molar-refractivity contribution in [2.75, 3.05) is 0 Å². The molecule has 0 aromatic heterocycles. The first-order valence-electron chi connectivity index (χ1n) is 4.31. The Kier molecular flexibility index (Phi) is 4.15. The molecule has 0 spiro atoms. The van der Waals surface area contributed by atoms with Gasteiger partial charge in [0, 0.05) is 0 Å². The molecule has 0 fully saturated rings. The van der Waals surface area contributed by atoms with Gasteiger partial charge in [0.15, 0.2) is 0 Å². The van der Waals surface area contributed by atoms with Gasteiger partial charge in [-0.2, -0.15) is 0 Å². The van der Waals surface area contributed by atoms with Gasteiger partial charge < -0.3 is 10.2 Å². The Morgan fingerprint density at radius 3 is 2.25 bits per heavy atom. The molecule has 2 N–H and O–H groups in total. The molecule has 0 aliphatic rings. The zero-order chi connectivity index (χ0) is 12.3. The molecular formula is C10H8Cl2O4. The number of carbonyl (C=O) groups is 2. The van der Waals surface area contributed by atoms with Gasteiger partial charge in [-0.3, -0.25) is 9.59 Å². The monoisotopic (exact) mass is 262 g/mol. The molecule has 0 saturated carbocycles. The summed E-state index contributed by atoms with van der Waals surface area (Å²) in [6.45, 7) is 0. The third-order valence-corrected chi connectivity index (χ3v) is 2.76. The van der Waals surface area contributed by atoms with Gasteiger partial charge >= 0.3 is 11.9 Å². The molecule has 0 bridgehead atoms. The fourth-order valence-corrected chi connectivity index (χ4v) is 1.56. The van der Waals surface area contributed by atoms with E-state index in [0.717, 1.165) is 0 Å². The Labute approximate surface area is 101 Å².